The van der Waals surface area contributed by atoms with Gasteiger partial charge in [0, 0.05) is 12.6 Å². The van der Waals surface area contributed by atoms with E-state index >= 15 is 0 Å². The summed E-state index contributed by atoms with van der Waals surface area (Å²) in [4.78, 5) is 25.7. The number of rotatable bonds is 3. The van der Waals surface area contributed by atoms with Crippen molar-refractivity contribution in [1.82, 2.24) is 4.90 Å². The average molecular weight is 317 g/mol. The van der Waals surface area contributed by atoms with Gasteiger partial charge in [-0.05, 0) is 32.1 Å². The molecular weight excluding hydrogens is 294 g/mol. The van der Waals surface area contributed by atoms with Gasteiger partial charge < -0.3 is 9.64 Å². The highest BCUT2D eigenvalue weighted by Crippen LogP contribution is 2.26. The van der Waals surface area contributed by atoms with Gasteiger partial charge in [0.15, 0.2) is 9.84 Å². The van der Waals surface area contributed by atoms with E-state index in [4.69, 9.17) is 0 Å². The van der Waals surface area contributed by atoms with Gasteiger partial charge in [0.05, 0.1) is 19.3 Å². The van der Waals surface area contributed by atoms with Crippen LogP contribution in [0, 0.1) is 0 Å². The molecule has 0 aromatic carbocycles. The number of piperidine rings is 1. The molecule has 1 amide bonds. The average Bonchev–Trinajstić information content (AvgIpc) is 2.46. The lowest BCUT2D eigenvalue weighted by Crippen LogP contribution is -2.51. The number of hydrogen-bond acceptors (Lipinski definition) is 5. The third-order valence-electron chi connectivity index (χ3n) is 4.39. The van der Waals surface area contributed by atoms with Gasteiger partial charge in [-0.2, -0.15) is 0 Å². The zero-order chi connectivity index (χ0) is 15.5. The molecule has 2 fully saturated rings. The second-order valence-corrected chi connectivity index (χ2v) is 8.12. The van der Waals surface area contributed by atoms with Crippen molar-refractivity contribution in [2.45, 2.75) is 56.2 Å². The topological polar surface area (TPSA) is 80.8 Å². The van der Waals surface area contributed by atoms with Crippen LogP contribution in [-0.2, 0) is 24.2 Å². The molecule has 2 heterocycles. The molecule has 2 aliphatic rings. The molecule has 21 heavy (non-hydrogen) atoms. The zero-order valence-corrected chi connectivity index (χ0v) is 13.2. The SMILES string of the molecule is COC(=O)CC1CCCCN1C(=O)C1CCCCS1(=O)=O. The number of amides is 1. The summed E-state index contributed by atoms with van der Waals surface area (Å²) in [6.07, 6.45) is 4.49. The Morgan fingerprint density at radius 1 is 1.14 bits per heavy atom. The Labute approximate surface area is 125 Å². The predicted octanol–water partition coefficient (Wildman–Crippen LogP) is 0.898. The van der Waals surface area contributed by atoms with Crippen LogP contribution in [0.1, 0.15) is 44.9 Å². The van der Waals surface area contributed by atoms with Gasteiger partial charge in [0.2, 0.25) is 5.91 Å². The van der Waals surface area contributed by atoms with E-state index in [0.29, 0.717) is 19.4 Å². The fraction of sp³-hybridized carbons (Fsp3) is 0.857. The Hall–Kier alpha value is -1.11. The molecule has 2 atom stereocenters. The molecule has 0 N–H and O–H groups in total. The third-order valence-corrected chi connectivity index (χ3v) is 6.56. The molecule has 0 radical (unpaired) electrons. The number of esters is 1. The fourth-order valence-electron chi connectivity index (χ4n) is 3.20. The van der Waals surface area contributed by atoms with E-state index in [1.165, 1.54) is 7.11 Å². The van der Waals surface area contributed by atoms with Gasteiger partial charge in [-0.3, -0.25) is 9.59 Å². The minimum Gasteiger partial charge on any atom is -0.469 e. The maximum absolute atomic E-state index is 12.6. The first-order valence-corrected chi connectivity index (χ1v) is 9.26. The van der Waals surface area contributed by atoms with E-state index < -0.39 is 15.1 Å². The number of methoxy groups -OCH3 is 1. The molecule has 0 saturated carbocycles. The summed E-state index contributed by atoms with van der Waals surface area (Å²) in [5.74, 6) is -0.576. The van der Waals surface area contributed by atoms with Crippen LogP contribution in [0.3, 0.4) is 0 Å². The maximum atomic E-state index is 12.6. The summed E-state index contributed by atoms with van der Waals surface area (Å²) in [5, 5.41) is -0.913. The summed E-state index contributed by atoms with van der Waals surface area (Å²) in [5.41, 5.74) is 0. The molecule has 7 heteroatoms. The van der Waals surface area contributed by atoms with Crippen LogP contribution in [-0.4, -0.2) is 55.9 Å². The Morgan fingerprint density at radius 3 is 2.52 bits per heavy atom. The van der Waals surface area contributed by atoms with E-state index in [-0.39, 0.29) is 30.1 Å². The van der Waals surface area contributed by atoms with Crippen LogP contribution in [0.2, 0.25) is 0 Å². The first-order chi connectivity index (χ1) is 9.95. The van der Waals surface area contributed by atoms with Crippen LogP contribution in [0.25, 0.3) is 0 Å². The number of hydrogen-bond donors (Lipinski definition) is 0. The van der Waals surface area contributed by atoms with E-state index in [2.05, 4.69) is 4.74 Å². The standard InChI is InChI=1S/C14H23NO5S/c1-20-13(16)10-11-6-2-4-8-15(11)14(17)12-7-3-5-9-21(12,18)19/h11-12H,2-10H2,1H3. The van der Waals surface area contributed by atoms with Gasteiger partial charge in [0.25, 0.3) is 0 Å². The Morgan fingerprint density at radius 2 is 1.86 bits per heavy atom. The largest absolute Gasteiger partial charge is 0.469 e. The van der Waals surface area contributed by atoms with Crippen molar-refractivity contribution in [3.63, 3.8) is 0 Å². The van der Waals surface area contributed by atoms with Gasteiger partial charge in [0.1, 0.15) is 5.25 Å². The summed E-state index contributed by atoms with van der Waals surface area (Å²) in [6, 6.07) is -0.226. The lowest BCUT2D eigenvalue weighted by molar-refractivity contribution is -0.144. The monoisotopic (exact) mass is 317 g/mol. The molecule has 0 bridgehead atoms. The molecule has 2 rings (SSSR count). The fourth-order valence-corrected chi connectivity index (χ4v) is 5.05. The number of sulfone groups is 1. The molecule has 120 valence electrons. The van der Waals surface area contributed by atoms with Gasteiger partial charge in [-0.25, -0.2) is 8.42 Å². The highest BCUT2D eigenvalue weighted by atomic mass is 32.2. The van der Waals surface area contributed by atoms with E-state index in [1.54, 1.807) is 4.90 Å². The molecule has 0 spiro atoms. The van der Waals surface area contributed by atoms with E-state index in [1.807, 2.05) is 0 Å². The Kier molecular flexibility index (Phi) is 5.24. The quantitative estimate of drug-likeness (QED) is 0.722. The van der Waals surface area contributed by atoms with Crippen LogP contribution in [0.4, 0.5) is 0 Å². The van der Waals surface area contributed by atoms with Crippen molar-refractivity contribution in [2.75, 3.05) is 19.4 Å². The van der Waals surface area contributed by atoms with Crippen molar-refractivity contribution in [1.29, 1.82) is 0 Å². The lowest BCUT2D eigenvalue weighted by atomic mass is 9.98. The van der Waals surface area contributed by atoms with Gasteiger partial charge >= 0.3 is 5.97 Å². The van der Waals surface area contributed by atoms with Crippen LogP contribution in [0.5, 0.6) is 0 Å². The normalized spacial score (nSPS) is 28.9. The van der Waals surface area contributed by atoms with Crippen molar-refractivity contribution in [2.24, 2.45) is 0 Å². The summed E-state index contributed by atoms with van der Waals surface area (Å²) in [7, 11) is -2.01. The van der Waals surface area contributed by atoms with E-state index in [9.17, 15) is 18.0 Å². The number of likely N-dealkylation sites (tertiary alicyclic amines) is 1. The van der Waals surface area contributed by atoms with Crippen molar-refractivity contribution in [3.05, 3.63) is 0 Å². The minimum absolute atomic E-state index is 0.0961. The molecule has 2 unspecified atom stereocenters. The number of carbonyl (C=O) groups excluding carboxylic acids is 2. The smallest absolute Gasteiger partial charge is 0.307 e. The second-order valence-electron chi connectivity index (χ2n) is 5.81. The highest BCUT2D eigenvalue weighted by Gasteiger charge is 2.40. The summed E-state index contributed by atoms with van der Waals surface area (Å²) < 4.78 is 28.9. The van der Waals surface area contributed by atoms with Crippen LogP contribution < -0.4 is 0 Å². The lowest BCUT2D eigenvalue weighted by Gasteiger charge is -2.38. The van der Waals surface area contributed by atoms with E-state index in [0.717, 1.165) is 25.7 Å². The van der Waals surface area contributed by atoms with Crippen molar-refractivity contribution in [3.8, 4) is 0 Å². The molecule has 2 aliphatic heterocycles. The molecule has 0 aromatic heterocycles. The Bertz CT molecular complexity index is 501. The predicted molar refractivity (Wildman–Crippen MR) is 77.4 cm³/mol. The second kappa shape index (κ2) is 6.77. The van der Waals surface area contributed by atoms with Crippen LogP contribution >= 0.6 is 0 Å². The summed E-state index contributed by atoms with van der Waals surface area (Å²) in [6.45, 7) is 0.534. The molecule has 0 aliphatic carbocycles. The minimum atomic E-state index is -3.34. The molecular formula is C14H23NO5S. The zero-order valence-electron chi connectivity index (χ0n) is 12.4. The number of carbonyl (C=O) groups is 2. The first kappa shape index (κ1) is 16.3. The first-order valence-electron chi connectivity index (χ1n) is 7.54. The molecule has 2 saturated heterocycles. The maximum Gasteiger partial charge on any atom is 0.307 e. The van der Waals surface area contributed by atoms with Crippen LogP contribution in [0.15, 0.2) is 0 Å². The Balaban J connectivity index is 2.12. The van der Waals surface area contributed by atoms with Crippen molar-refractivity contribution >= 4 is 21.7 Å². The third kappa shape index (κ3) is 3.75. The van der Waals surface area contributed by atoms with Crippen molar-refractivity contribution < 1.29 is 22.7 Å². The highest BCUT2D eigenvalue weighted by molar-refractivity contribution is 7.92. The molecule has 0 aromatic rings. The summed E-state index contributed by atoms with van der Waals surface area (Å²) >= 11 is 0. The van der Waals surface area contributed by atoms with Gasteiger partial charge in [-0.1, -0.05) is 6.42 Å². The number of nitrogens with zero attached hydrogens (tertiary/aromatic N) is 1. The number of ether oxygens (including phenoxy) is 1. The molecule has 6 nitrogen and oxygen atoms in total. The van der Waals surface area contributed by atoms with Gasteiger partial charge in [-0.15, -0.1) is 0 Å².